The summed E-state index contributed by atoms with van der Waals surface area (Å²) in [5, 5.41) is 61.8. The molecule has 1 aliphatic heterocycles. The quantitative estimate of drug-likeness (QED) is 0.0387. The fraction of sp³-hybridized carbons (Fsp3) is 0.639. The molecule has 1 aromatic rings. The number of carboxylic acids is 3. The van der Waals surface area contributed by atoms with Crippen LogP contribution in [0, 0.1) is 5.92 Å². The second kappa shape index (κ2) is 25.2. The van der Waals surface area contributed by atoms with Crippen molar-refractivity contribution in [1.82, 2.24) is 46.8 Å². The highest BCUT2D eigenvalue weighted by Crippen LogP contribution is 2.21. The molecule has 1 aromatic heterocycles. The lowest BCUT2D eigenvalue weighted by atomic mass is 10.0. The number of carbonyl (C=O) groups is 10. The lowest BCUT2D eigenvalue weighted by Gasteiger charge is -2.31. The van der Waals surface area contributed by atoms with Crippen molar-refractivity contribution in [3.8, 4) is 0 Å². The van der Waals surface area contributed by atoms with Gasteiger partial charge in [0.15, 0.2) is 0 Å². The molecule has 1 saturated heterocycles. The van der Waals surface area contributed by atoms with Crippen molar-refractivity contribution in [3.05, 3.63) is 18.2 Å². The summed E-state index contributed by atoms with van der Waals surface area (Å²) in [5.41, 5.74) is 5.89. The van der Waals surface area contributed by atoms with Gasteiger partial charge in [0.1, 0.15) is 42.3 Å². The van der Waals surface area contributed by atoms with Crippen LogP contribution in [0.3, 0.4) is 0 Å². The molecule has 2 heterocycles. The molecule has 2 rings (SSSR count). The summed E-state index contributed by atoms with van der Waals surface area (Å²) in [6.07, 6.45) is -1.08. The van der Waals surface area contributed by atoms with Gasteiger partial charge >= 0.3 is 17.9 Å². The molecule has 25 nitrogen and oxygen atoms in total. The Kier molecular flexibility index (Phi) is 21.2. The lowest BCUT2D eigenvalue weighted by molar-refractivity contribution is -0.144. The zero-order valence-corrected chi connectivity index (χ0v) is 35.1. The van der Waals surface area contributed by atoms with Crippen LogP contribution in [0.1, 0.15) is 65.0 Å². The number of H-pyrrole nitrogens is 1. The number of rotatable bonds is 26. The average Bonchev–Trinajstić information content (AvgIpc) is 3.91. The molecular formula is C36H56N10O15S. The van der Waals surface area contributed by atoms with E-state index in [0.717, 1.165) is 11.8 Å². The van der Waals surface area contributed by atoms with Gasteiger partial charge in [-0.25, -0.2) is 9.78 Å². The van der Waals surface area contributed by atoms with Gasteiger partial charge in [0, 0.05) is 31.3 Å². The third kappa shape index (κ3) is 16.5. The fourth-order valence-electron chi connectivity index (χ4n) is 6.22. The third-order valence-electron chi connectivity index (χ3n) is 9.45. The topological polar surface area (TPSA) is 402 Å². The van der Waals surface area contributed by atoms with E-state index in [4.69, 9.17) is 5.73 Å². The van der Waals surface area contributed by atoms with Crippen molar-refractivity contribution < 1.29 is 73.5 Å². The van der Waals surface area contributed by atoms with Gasteiger partial charge in [-0.1, -0.05) is 13.8 Å². The van der Waals surface area contributed by atoms with Gasteiger partial charge in [-0.05, 0) is 38.5 Å². The van der Waals surface area contributed by atoms with E-state index in [1.165, 1.54) is 12.5 Å². The van der Waals surface area contributed by atoms with Crippen molar-refractivity contribution in [2.45, 2.75) is 120 Å². The average molecular weight is 901 g/mol. The molecular weight excluding hydrogens is 845 g/mol. The van der Waals surface area contributed by atoms with Crippen LogP contribution in [-0.4, -0.2) is 173 Å². The van der Waals surface area contributed by atoms with Crippen LogP contribution < -0.4 is 37.6 Å². The summed E-state index contributed by atoms with van der Waals surface area (Å²) in [6.45, 7) is 3.58. The van der Waals surface area contributed by atoms with E-state index in [0.29, 0.717) is 0 Å². The number of carbonyl (C=O) groups excluding carboxylic acids is 7. The van der Waals surface area contributed by atoms with E-state index in [1.807, 2.05) is 0 Å². The maximum Gasteiger partial charge on any atom is 0.328 e. The monoisotopic (exact) mass is 900 g/mol. The van der Waals surface area contributed by atoms with E-state index >= 15 is 0 Å². The molecule has 1 fully saturated rings. The number of nitrogens with zero attached hydrogens (tertiary/aromatic N) is 2. The van der Waals surface area contributed by atoms with Gasteiger partial charge in [-0.15, -0.1) is 0 Å². The Morgan fingerprint density at radius 2 is 1.42 bits per heavy atom. The van der Waals surface area contributed by atoms with Crippen molar-refractivity contribution in [3.63, 3.8) is 0 Å². The number of likely N-dealkylation sites (tertiary alicyclic amines) is 1. The molecule has 346 valence electrons. The van der Waals surface area contributed by atoms with Gasteiger partial charge in [0.25, 0.3) is 0 Å². The number of thiol groups is 1. The maximum absolute atomic E-state index is 14.0. The molecule has 62 heavy (non-hydrogen) atoms. The van der Waals surface area contributed by atoms with Gasteiger partial charge in [0.05, 0.1) is 37.2 Å². The van der Waals surface area contributed by atoms with Crippen molar-refractivity contribution in [2.24, 2.45) is 11.7 Å². The van der Waals surface area contributed by atoms with Crippen LogP contribution in [0.15, 0.2) is 12.5 Å². The van der Waals surface area contributed by atoms with Crippen molar-refractivity contribution >= 4 is 71.9 Å². The van der Waals surface area contributed by atoms with E-state index in [-0.39, 0.29) is 49.6 Å². The Morgan fingerprint density at radius 1 is 0.823 bits per heavy atom. The minimum atomic E-state index is -1.84. The first-order valence-electron chi connectivity index (χ1n) is 19.5. The highest BCUT2D eigenvalue weighted by atomic mass is 32.1. The molecule has 0 aromatic carbocycles. The number of hydrogen-bond donors (Lipinski definition) is 14. The van der Waals surface area contributed by atoms with E-state index in [2.05, 4.69) is 54.5 Å². The molecule has 1 aliphatic rings. The SMILES string of the molecule is CC(C)CC(NC(=O)C(CC(=O)O)NC(=O)C(N)CS)C(=O)N1CCCC1C(=O)NC(CCC(=O)O)C(=O)NC(C(=O)NC(Cc1c[nH]cn1)C(=O)NC(CO)C(=O)O)C(C)O. The Morgan fingerprint density at radius 3 is 1.95 bits per heavy atom. The first-order valence-corrected chi connectivity index (χ1v) is 20.1. The van der Waals surface area contributed by atoms with Crippen molar-refractivity contribution in [2.75, 3.05) is 18.9 Å². The second-order valence-corrected chi connectivity index (χ2v) is 15.3. The number of imidazole rings is 1. The van der Waals surface area contributed by atoms with Gasteiger partial charge in [0.2, 0.25) is 41.4 Å². The first kappa shape index (κ1) is 52.3. The number of amides is 7. The minimum absolute atomic E-state index is 0.00225. The molecule has 0 saturated carbocycles. The number of aliphatic hydroxyl groups is 2. The fourth-order valence-corrected chi connectivity index (χ4v) is 6.38. The lowest BCUT2D eigenvalue weighted by Crippen LogP contribution is -2.62. The summed E-state index contributed by atoms with van der Waals surface area (Å²) in [5.74, 6) is -11.7. The molecule has 0 aliphatic carbocycles. The second-order valence-electron chi connectivity index (χ2n) is 15.0. The van der Waals surface area contributed by atoms with E-state index < -0.39 is 140 Å². The summed E-state index contributed by atoms with van der Waals surface area (Å²) in [7, 11) is 0. The minimum Gasteiger partial charge on any atom is -0.481 e. The number of nitrogens with two attached hydrogens (primary N) is 1. The summed E-state index contributed by atoms with van der Waals surface area (Å²) < 4.78 is 0. The predicted molar refractivity (Wildman–Crippen MR) is 215 cm³/mol. The van der Waals surface area contributed by atoms with Crippen LogP contribution in [0.5, 0.6) is 0 Å². The molecule has 14 N–H and O–H groups in total. The van der Waals surface area contributed by atoms with Crippen molar-refractivity contribution in [1.29, 1.82) is 0 Å². The van der Waals surface area contributed by atoms with E-state index in [9.17, 15) is 73.5 Å². The number of aliphatic carboxylic acids is 3. The largest absolute Gasteiger partial charge is 0.481 e. The molecule has 26 heteroatoms. The van der Waals surface area contributed by atoms with Crippen LogP contribution in [0.25, 0.3) is 0 Å². The molecule has 7 amide bonds. The molecule has 9 atom stereocenters. The number of aliphatic hydroxyl groups excluding tert-OH is 2. The standard InChI is InChI=1S/C36H56N10O15S/c1-16(2)9-23(43-32(56)22(11-27(51)52)41-29(53)19(37)14-62)35(59)46-8-4-5-25(46)33(57)40-20(6-7-26(49)50)30(54)45-28(17(3)48)34(58)42-21(10-18-12-38-15-39-18)31(55)44-24(13-47)36(60)61/h12,15-17,19-25,28,47-48,62H,4-11,13-14,37H2,1-3H3,(H,38,39)(H,40,57)(H,41,53)(H,42,58)(H,43,56)(H,44,55)(H,45,54)(H,49,50)(H,51,52)(H,60,61). The normalized spacial score (nSPS) is 17.5. The molecule has 0 spiro atoms. The summed E-state index contributed by atoms with van der Waals surface area (Å²) in [6, 6.07) is -12.2. The third-order valence-corrected chi connectivity index (χ3v) is 9.84. The Labute approximate surface area is 360 Å². The Balaban J connectivity index is 2.33. The van der Waals surface area contributed by atoms with Gasteiger partial charge in [-0.3, -0.25) is 43.2 Å². The van der Waals surface area contributed by atoms with Crippen LogP contribution in [0.2, 0.25) is 0 Å². The molecule has 0 radical (unpaired) electrons. The van der Waals surface area contributed by atoms with Gasteiger partial charge < -0.3 is 73.1 Å². The Bertz CT molecular complexity index is 1770. The van der Waals surface area contributed by atoms with Gasteiger partial charge in [-0.2, -0.15) is 12.6 Å². The number of nitrogens with one attached hydrogen (secondary N) is 7. The number of hydrogen-bond acceptors (Lipinski definition) is 15. The molecule has 0 bridgehead atoms. The highest BCUT2D eigenvalue weighted by molar-refractivity contribution is 7.80. The van der Waals surface area contributed by atoms with E-state index in [1.54, 1.807) is 13.8 Å². The zero-order valence-electron chi connectivity index (χ0n) is 34.2. The Hall–Kier alpha value is -5.86. The smallest absolute Gasteiger partial charge is 0.328 e. The van der Waals surface area contributed by atoms with Crippen LogP contribution >= 0.6 is 12.6 Å². The molecule has 9 unspecified atom stereocenters. The number of aromatic nitrogens is 2. The summed E-state index contributed by atoms with van der Waals surface area (Å²) in [4.78, 5) is 136. The van der Waals surface area contributed by atoms with Crippen LogP contribution in [-0.2, 0) is 54.4 Å². The summed E-state index contributed by atoms with van der Waals surface area (Å²) >= 11 is 3.93. The van der Waals surface area contributed by atoms with Crippen LogP contribution in [0.4, 0.5) is 0 Å². The predicted octanol–water partition coefficient (Wildman–Crippen LogP) is -5.05. The highest BCUT2D eigenvalue weighted by Gasteiger charge is 2.41. The number of carboxylic acid groups (broad SMARTS) is 3. The zero-order chi connectivity index (χ0) is 46.8. The number of aromatic amines is 1. The maximum atomic E-state index is 14.0. The first-order chi connectivity index (χ1) is 29.1.